The number of aromatic nitrogens is 2. The van der Waals surface area contributed by atoms with E-state index in [0.29, 0.717) is 35.7 Å². The number of fused-ring (bicyclic) bond motifs is 3. The van der Waals surface area contributed by atoms with Crippen LogP contribution in [0, 0.1) is 0 Å². The van der Waals surface area contributed by atoms with Gasteiger partial charge in [0.25, 0.3) is 5.56 Å². The number of carbonyl (C=O) groups is 1. The monoisotopic (exact) mass is 488 g/mol. The molecule has 31 heavy (non-hydrogen) atoms. The SMILES string of the molecule is CCCOC(=O)c1c[nH]c2c(=O)[nH]c3cc(Cl)c(S(=O)(=O)N4CC[C@H](N)C4)cc3c12.Cl. The first-order valence-corrected chi connectivity index (χ1v) is 11.3. The number of hydrogen-bond acceptors (Lipinski definition) is 6. The predicted molar refractivity (Wildman–Crippen MR) is 121 cm³/mol. The van der Waals surface area contributed by atoms with E-state index in [4.69, 9.17) is 22.1 Å². The van der Waals surface area contributed by atoms with E-state index in [1.165, 1.54) is 22.6 Å². The van der Waals surface area contributed by atoms with Gasteiger partial charge < -0.3 is 20.4 Å². The lowest BCUT2D eigenvalue weighted by Crippen LogP contribution is -2.32. The zero-order valence-corrected chi connectivity index (χ0v) is 19.0. The maximum atomic E-state index is 13.2. The molecule has 168 valence electrons. The normalized spacial score (nSPS) is 17.2. The van der Waals surface area contributed by atoms with Gasteiger partial charge in [-0.3, -0.25) is 4.79 Å². The Labute approximate surface area is 189 Å². The molecule has 1 aliphatic rings. The molecular weight excluding hydrogens is 467 g/mol. The molecule has 0 bridgehead atoms. The average molecular weight is 489 g/mol. The topological polar surface area (TPSA) is 138 Å². The van der Waals surface area contributed by atoms with Crippen LogP contribution in [0.2, 0.25) is 5.02 Å². The summed E-state index contributed by atoms with van der Waals surface area (Å²) in [6.07, 6.45) is 2.60. The van der Waals surface area contributed by atoms with Crippen molar-refractivity contribution in [1.29, 1.82) is 0 Å². The summed E-state index contributed by atoms with van der Waals surface area (Å²) < 4.78 is 32.8. The largest absolute Gasteiger partial charge is 0.462 e. The summed E-state index contributed by atoms with van der Waals surface area (Å²) in [4.78, 5) is 30.3. The van der Waals surface area contributed by atoms with E-state index in [2.05, 4.69) is 9.97 Å². The smallest absolute Gasteiger partial charge is 0.340 e. The number of esters is 1. The number of hydrogen-bond donors (Lipinski definition) is 3. The van der Waals surface area contributed by atoms with Crippen LogP contribution in [0.5, 0.6) is 0 Å². The first kappa shape index (κ1) is 23.6. The van der Waals surface area contributed by atoms with Crippen molar-refractivity contribution in [3.8, 4) is 0 Å². The summed E-state index contributed by atoms with van der Waals surface area (Å²) in [6.45, 7) is 2.60. The van der Waals surface area contributed by atoms with Crippen LogP contribution in [0.4, 0.5) is 0 Å². The Kier molecular flexibility index (Phi) is 6.68. The number of carbonyl (C=O) groups excluding carboxylic acids is 1. The molecular formula is C19H22Cl2N4O5S. The van der Waals surface area contributed by atoms with Crippen molar-refractivity contribution in [2.75, 3.05) is 19.7 Å². The second kappa shape index (κ2) is 8.79. The lowest BCUT2D eigenvalue weighted by Gasteiger charge is -2.17. The van der Waals surface area contributed by atoms with E-state index in [1.54, 1.807) is 0 Å². The molecule has 9 nitrogen and oxygen atoms in total. The minimum Gasteiger partial charge on any atom is -0.462 e. The zero-order valence-electron chi connectivity index (χ0n) is 16.6. The molecule has 3 heterocycles. The van der Waals surface area contributed by atoms with Gasteiger partial charge in [0.05, 0.1) is 22.7 Å². The molecule has 0 spiro atoms. The maximum Gasteiger partial charge on any atom is 0.340 e. The summed E-state index contributed by atoms with van der Waals surface area (Å²) in [6, 6.07) is 2.54. The number of halogens is 2. The van der Waals surface area contributed by atoms with Crippen molar-refractivity contribution in [2.24, 2.45) is 5.73 Å². The number of nitrogens with one attached hydrogen (secondary N) is 2. The summed E-state index contributed by atoms with van der Waals surface area (Å²) in [7, 11) is -3.90. The van der Waals surface area contributed by atoms with Crippen LogP contribution < -0.4 is 11.3 Å². The number of aromatic amines is 2. The number of rotatable bonds is 5. The van der Waals surface area contributed by atoms with Crippen LogP contribution >= 0.6 is 24.0 Å². The van der Waals surface area contributed by atoms with Crippen LogP contribution in [0.1, 0.15) is 30.1 Å². The van der Waals surface area contributed by atoms with E-state index in [0.717, 1.165) is 0 Å². The number of nitrogens with zero attached hydrogens (tertiary/aromatic N) is 1. The van der Waals surface area contributed by atoms with Crippen molar-refractivity contribution in [1.82, 2.24) is 14.3 Å². The van der Waals surface area contributed by atoms with Crippen LogP contribution in [-0.2, 0) is 14.8 Å². The van der Waals surface area contributed by atoms with Gasteiger partial charge >= 0.3 is 5.97 Å². The summed E-state index contributed by atoms with van der Waals surface area (Å²) >= 11 is 6.29. The molecule has 4 N–H and O–H groups in total. The van der Waals surface area contributed by atoms with Gasteiger partial charge in [0.1, 0.15) is 10.4 Å². The van der Waals surface area contributed by atoms with Crippen molar-refractivity contribution in [3.05, 3.63) is 39.3 Å². The molecule has 3 aromatic rings. The second-order valence-corrected chi connectivity index (χ2v) is 9.60. The molecule has 1 atom stereocenters. The highest BCUT2D eigenvalue weighted by Crippen LogP contribution is 2.34. The highest BCUT2D eigenvalue weighted by molar-refractivity contribution is 7.89. The number of sulfonamides is 1. The number of benzene rings is 1. The molecule has 0 radical (unpaired) electrons. The molecule has 2 aromatic heterocycles. The van der Waals surface area contributed by atoms with Crippen LogP contribution in [0.15, 0.2) is 28.0 Å². The van der Waals surface area contributed by atoms with Gasteiger partial charge in [-0.05, 0) is 25.0 Å². The van der Waals surface area contributed by atoms with E-state index in [1.807, 2.05) is 6.92 Å². The summed E-state index contributed by atoms with van der Waals surface area (Å²) in [5.41, 5.74) is 6.04. The lowest BCUT2D eigenvalue weighted by molar-refractivity contribution is 0.0507. The Morgan fingerprint density at radius 3 is 2.77 bits per heavy atom. The van der Waals surface area contributed by atoms with Gasteiger partial charge in [-0.2, -0.15) is 4.31 Å². The summed E-state index contributed by atoms with van der Waals surface area (Å²) in [5.74, 6) is -0.597. The fourth-order valence-corrected chi connectivity index (χ4v) is 5.71. The molecule has 0 aliphatic carbocycles. The third-order valence-corrected chi connectivity index (χ3v) is 7.49. The molecule has 1 saturated heterocycles. The second-order valence-electron chi connectivity index (χ2n) is 7.28. The molecule has 0 amide bonds. The minimum absolute atomic E-state index is 0. The third kappa shape index (κ3) is 4.06. The third-order valence-electron chi connectivity index (χ3n) is 5.16. The van der Waals surface area contributed by atoms with Gasteiger partial charge in [-0.1, -0.05) is 18.5 Å². The van der Waals surface area contributed by atoms with Gasteiger partial charge in [0.15, 0.2) is 0 Å². The van der Waals surface area contributed by atoms with E-state index in [-0.39, 0.29) is 52.6 Å². The Morgan fingerprint density at radius 1 is 1.39 bits per heavy atom. The molecule has 1 aliphatic heterocycles. The number of ether oxygens (including phenoxy) is 1. The van der Waals surface area contributed by atoms with Crippen molar-refractivity contribution in [3.63, 3.8) is 0 Å². The maximum absolute atomic E-state index is 13.2. The highest BCUT2D eigenvalue weighted by atomic mass is 35.5. The number of H-pyrrole nitrogens is 2. The first-order valence-electron chi connectivity index (χ1n) is 9.53. The predicted octanol–water partition coefficient (Wildman–Crippen LogP) is 2.37. The first-order chi connectivity index (χ1) is 14.2. The van der Waals surface area contributed by atoms with Crippen LogP contribution in [0.25, 0.3) is 21.8 Å². The van der Waals surface area contributed by atoms with E-state index in [9.17, 15) is 18.0 Å². The van der Waals surface area contributed by atoms with Crippen molar-refractivity contribution >= 4 is 61.8 Å². The molecule has 0 unspecified atom stereocenters. The number of nitrogens with two attached hydrogens (primary N) is 1. The quantitative estimate of drug-likeness (QED) is 0.471. The fourth-order valence-electron chi connectivity index (χ4n) is 3.67. The summed E-state index contributed by atoms with van der Waals surface area (Å²) in [5, 5.41) is 0.644. The Hall–Kier alpha value is -2.11. The molecule has 0 saturated carbocycles. The molecule has 12 heteroatoms. The number of pyridine rings is 1. The van der Waals surface area contributed by atoms with Gasteiger partial charge in [-0.25, -0.2) is 13.2 Å². The van der Waals surface area contributed by atoms with E-state index >= 15 is 0 Å². The van der Waals surface area contributed by atoms with Gasteiger partial charge in [0, 0.05) is 36.1 Å². The van der Waals surface area contributed by atoms with Crippen molar-refractivity contribution in [2.45, 2.75) is 30.7 Å². The zero-order chi connectivity index (χ0) is 21.6. The minimum atomic E-state index is -3.90. The average Bonchev–Trinajstić information content (AvgIpc) is 3.33. The highest BCUT2D eigenvalue weighted by Gasteiger charge is 2.33. The Balaban J connectivity index is 0.00000272. The van der Waals surface area contributed by atoms with Crippen LogP contribution in [-0.4, -0.2) is 54.4 Å². The van der Waals surface area contributed by atoms with E-state index < -0.39 is 21.6 Å². The molecule has 1 fully saturated rings. The standard InChI is InChI=1S/C19H21ClN4O5S.ClH/c1-2-5-29-19(26)12-8-22-17-16(12)11-6-15(13(20)7-14(11)23-18(17)25)30(27,28)24-4-3-10(21)9-24;/h6-8,10,22H,2-5,9,21H2,1H3,(H,23,25);1H/t10-;/m0./s1. The molecule has 1 aromatic carbocycles. The lowest BCUT2D eigenvalue weighted by atomic mass is 10.1. The van der Waals surface area contributed by atoms with Gasteiger partial charge in [0.2, 0.25) is 10.0 Å². The van der Waals surface area contributed by atoms with Gasteiger partial charge in [-0.15, -0.1) is 12.4 Å². The van der Waals surface area contributed by atoms with Crippen LogP contribution in [0.3, 0.4) is 0 Å². The Bertz CT molecular complexity index is 1320. The van der Waals surface area contributed by atoms with Crippen molar-refractivity contribution < 1.29 is 17.9 Å². The Morgan fingerprint density at radius 2 is 2.13 bits per heavy atom. The fraction of sp³-hybridized carbons (Fsp3) is 0.368. The molecule has 4 rings (SSSR count).